The van der Waals surface area contributed by atoms with Gasteiger partial charge in [-0.15, -0.1) is 0 Å². The number of benzene rings is 2. The maximum Gasteiger partial charge on any atom is 0.0449 e. The molecule has 2 nitrogen and oxygen atoms in total. The molecule has 0 fully saturated rings. The molecule has 0 N–H and O–H groups in total. The molecule has 1 aliphatic rings. The van der Waals surface area contributed by atoms with Crippen LogP contribution in [0.25, 0.3) is 11.1 Å². The Morgan fingerprint density at radius 2 is 0.638 bits per heavy atom. The average molecular weight is 645 g/mol. The molecular formula is C45H76N2. The van der Waals surface area contributed by atoms with Crippen LogP contribution >= 0.6 is 0 Å². The first kappa shape index (κ1) is 39.5. The van der Waals surface area contributed by atoms with Gasteiger partial charge in [-0.2, -0.15) is 0 Å². The van der Waals surface area contributed by atoms with E-state index in [-0.39, 0.29) is 0 Å². The minimum atomic E-state index is 1.09. The molecule has 0 bridgehead atoms. The number of nitrogens with zero attached hydrogens (tertiary/aromatic N) is 2. The van der Waals surface area contributed by atoms with Crippen LogP contribution in [0.15, 0.2) is 36.4 Å². The summed E-state index contributed by atoms with van der Waals surface area (Å²) < 4.78 is 0. The lowest BCUT2D eigenvalue weighted by Crippen LogP contribution is -2.28. The van der Waals surface area contributed by atoms with Gasteiger partial charge in [0.15, 0.2) is 0 Å². The minimum Gasteiger partial charge on any atom is -0.371 e. The lowest BCUT2D eigenvalue weighted by atomic mass is 9.99. The summed E-state index contributed by atoms with van der Waals surface area (Å²) in [6.45, 7) is 14.1. The predicted octanol–water partition coefficient (Wildman–Crippen LogP) is 14.3. The predicted molar refractivity (Wildman–Crippen MR) is 213 cm³/mol. The van der Waals surface area contributed by atoms with Gasteiger partial charge in [-0.1, -0.05) is 180 Å². The molecular weight excluding hydrogens is 569 g/mol. The van der Waals surface area contributed by atoms with Gasteiger partial charge < -0.3 is 9.80 Å². The quantitative estimate of drug-likeness (QED) is 0.0666. The number of anilines is 2. The van der Waals surface area contributed by atoms with Crippen molar-refractivity contribution in [2.24, 2.45) is 0 Å². The van der Waals surface area contributed by atoms with Crippen molar-refractivity contribution in [3.8, 4) is 11.1 Å². The summed E-state index contributed by atoms with van der Waals surface area (Å²) in [6, 6.07) is 14.5. The Hall–Kier alpha value is -1.96. The Kier molecular flexibility index (Phi) is 21.1. The van der Waals surface area contributed by atoms with Gasteiger partial charge in [-0.05, 0) is 55.4 Å². The Labute approximate surface area is 293 Å². The van der Waals surface area contributed by atoms with Gasteiger partial charge in [0.05, 0.1) is 0 Å². The molecule has 0 spiro atoms. The van der Waals surface area contributed by atoms with Gasteiger partial charge in [0.1, 0.15) is 0 Å². The number of rotatable bonds is 30. The largest absolute Gasteiger partial charge is 0.371 e. The van der Waals surface area contributed by atoms with E-state index in [1.54, 1.807) is 22.3 Å². The first-order chi connectivity index (χ1) is 23.2. The van der Waals surface area contributed by atoms with Crippen LogP contribution in [0.5, 0.6) is 0 Å². The smallest absolute Gasteiger partial charge is 0.0449 e. The van der Waals surface area contributed by atoms with E-state index in [0.29, 0.717) is 0 Å². The highest BCUT2D eigenvalue weighted by Crippen LogP contribution is 2.48. The van der Waals surface area contributed by atoms with Crippen molar-refractivity contribution in [3.05, 3.63) is 47.5 Å². The van der Waals surface area contributed by atoms with Crippen molar-refractivity contribution < 1.29 is 0 Å². The summed E-state index contributed by atoms with van der Waals surface area (Å²) in [5.74, 6) is 0. The van der Waals surface area contributed by atoms with E-state index in [2.05, 4.69) is 73.9 Å². The summed E-state index contributed by atoms with van der Waals surface area (Å²) in [4.78, 5) is 5.63. The van der Waals surface area contributed by atoms with Crippen LogP contribution in [-0.2, 0) is 6.42 Å². The monoisotopic (exact) mass is 645 g/mol. The highest BCUT2D eigenvalue weighted by molar-refractivity contribution is 5.94. The summed E-state index contributed by atoms with van der Waals surface area (Å²) in [5, 5.41) is 0. The molecule has 0 aromatic heterocycles. The van der Waals surface area contributed by atoms with Crippen LogP contribution in [0.1, 0.15) is 193 Å². The molecule has 0 atom stereocenters. The van der Waals surface area contributed by atoms with Gasteiger partial charge in [0, 0.05) is 48.7 Å². The van der Waals surface area contributed by atoms with Crippen LogP contribution in [-0.4, -0.2) is 26.2 Å². The minimum absolute atomic E-state index is 1.09. The standard InChI is InChI=1S/C45H76N2/c1-5-9-13-17-21-25-35-46(36-26-22-18-14-10-6-2)42-33-29-31-40-39-41-32-30-34-43(45(41)44(40)42)47(37-27-23-19-15-11-7-3)38-28-24-20-16-12-8-4/h29-34H,5-28,35-39H2,1-4H3. The maximum atomic E-state index is 2.82. The topological polar surface area (TPSA) is 6.48 Å². The van der Waals surface area contributed by atoms with Crippen LogP contribution in [0.2, 0.25) is 0 Å². The fraction of sp³-hybridized carbons (Fsp3) is 0.733. The van der Waals surface area contributed by atoms with Crippen molar-refractivity contribution in [2.45, 2.75) is 188 Å². The summed E-state index contributed by atoms with van der Waals surface area (Å²) in [7, 11) is 0. The van der Waals surface area contributed by atoms with Gasteiger partial charge in [-0.25, -0.2) is 0 Å². The van der Waals surface area contributed by atoms with Crippen molar-refractivity contribution >= 4 is 11.4 Å². The summed E-state index contributed by atoms with van der Waals surface area (Å²) in [6.07, 6.45) is 33.9. The van der Waals surface area contributed by atoms with E-state index >= 15 is 0 Å². The molecule has 0 saturated carbocycles. The number of hydrogen-bond acceptors (Lipinski definition) is 2. The fourth-order valence-electron chi connectivity index (χ4n) is 7.81. The zero-order valence-corrected chi connectivity index (χ0v) is 31.9. The van der Waals surface area contributed by atoms with Crippen LogP contribution in [0.3, 0.4) is 0 Å². The van der Waals surface area contributed by atoms with E-state index in [1.165, 1.54) is 192 Å². The van der Waals surface area contributed by atoms with Crippen molar-refractivity contribution in [2.75, 3.05) is 36.0 Å². The second kappa shape index (κ2) is 25.1. The van der Waals surface area contributed by atoms with Crippen LogP contribution in [0.4, 0.5) is 11.4 Å². The van der Waals surface area contributed by atoms with E-state index in [4.69, 9.17) is 0 Å². The number of hydrogen-bond donors (Lipinski definition) is 0. The SMILES string of the molecule is CCCCCCCCN(CCCCCCCC)c1cccc2c1-c1c(cccc1N(CCCCCCCC)CCCCCCCC)C2. The second-order valence-electron chi connectivity index (χ2n) is 14.8. The molecule has 0 heterocycles. The van der Waals surface area contributed by atoms with Crippen LogP contribution in [0, 0.1) is 0 Å². The van der Waals surface area contributed by atoms with Gasteiger partial charge in [0.25, 0.3) is 0 Å². The van der Waals surface area contributed by atoms with E-state index in [0.717, 1.165) is 6.42 Å². The second-order valence-corrected chi connectivity index (χ2v) is 14.8. The first-order valence-electron chi connectivity index (χ1n) is 21.0. The van der Waals surface area contributed by atoms with Crippen molar-refractivity contribution in [1.82, 2.24) is 0 Å². The number of unbranched alkanes of at least 4 members (excludes halogenated alkanes) is 20. The van der Waals surface area contributed by atoms with Crippen molar-refractivity contribution in [1.29, 1.82) is 0 Å². The van der Waals surface area contributed by atoms with E-state index in [9.17, 15) is 0 Å². The Morgan fingerprint density at radius 1 is 0.362 bits per heavy atom. The first-order valence-corrected chi connectivity index (χ1v) is 21.0. The lowest BCUT2D eigenvalue weighted by Gasteiger charge is -2.31. The molecule has 0 radical (unpaired) electrons. The Bertz CT molecular complexity index is 942. The zero-order chi connectivity index (χ0) is 33.4. The third kappa shape index (κ3) is 14.2. The lowest BCUT2D eigenvalue weighted by molar-refractivity contribution is 0.574. The maximum absolute atomic E-state index is 2.82. The van der Waals surface area contributed by atoms with E-state index < -0.39 is 0 Å². The van der Waals surface area contributed by atoms with Gasteiger partial charge in [-0.3, -0.25) is 0 Å². The molecule has 0 unspecified atom stereocenters. The highest BCUT2D eigenvalue weighted by atomic mass is 15.1. The molecule has 2 aromatic rings. The molecule has 3 rings (SSSR count). The van der Waals surface area contributed by atoms with Crippen molar-refractivity contribution in [3.63, 3.8) is 0 Å². The molecule has 266 valence electrons. The molecule has 2 aromatic carbocycles. The van der Waals surface area contributed by atoms with Gasteiger partial charge in [0.2, 0.25) is 0 Å². The summed E-state index contributed by atoms with van der Waals surface area (Å²) >= 11 is 0. The fourth-order valence-corrected chi connectivity index (χ4v) is 7.81. The highest BCUT2D eigenvalue weighted by Gasteiger charge is 2.28. The third-order valence-electron chi connectivity index (χ3n) is 10.7. The molecule has 0 amide bonds. The Morgan fingerprint density at radius 3 is 0.936 bits per heavy atom. The normalized spacial score (nSPS) is 12.0. The molecule has 47 heavy (non-hydrogen) atoms. The molecule has 0 aliphatic heterocycles. The third-order valence-corrected chi connectivity index (χ3v) is 10.7. The van der Waals surface area contributed by atoms with Gasteiger partial charge >= 0.3 is 0 Å². The van der Waals surface area contributed by atoms with E-state index in [1.807, 2.05) is 0 Å². The summed E-state index contributed by atoms with van der Waals surface area (Å²) in [5.41, 5.74) is 9.31. The molecule has 2 heteroatoms. The number of fused-ring (bicyclic) bond motifs is 3. The molecule has 1 aliphatic carbocycles. The Balaban J connectivity index is 1.84. The average Bonchev–Trinajstić information content (AvgIpc) is 3.48. The molecule has 0 saturated heterocycles. The van der Waals surface area contributed by atoms with Crippen LogP contribution < -0.4 is 9.80 Å². The zero-order valence-electron chi connectivity index (χ0n) is 31.9.